The van der Waals surface area contributed by atoms with Gasteiger partial charge in [0.2, 0.25) is 5.91 Å². The largest absolute Gasteiger partial charge is 0.495 e. The summed E-state index contributed by atoms with van der Waals surface area (Å²) in [6.45, 7) is 1.62. The monoisotopic (exact) mass is 354 g/mol. The second-order valence-electron chi connectivity index (χ2n) is 5.16. The number of halogens is 3. The van der Waals surface area contributed by atoms with Crippen LogP contribution in [0.4, 0.5) is 14.5 Å². The van der Waals surface area contributed by atoms with Crippen LogP contribution < -0.4 is 15.4 Å². The molecule has 0 radical (unpaired) electrons. The summed E-state index contributed by atoms with van der Waals surface area (Å²) < 4.78 is 31.8. The van der Waals surface area contributed by atoms with E-state index in [1.54, 1.807) is 25.1 Å². The highest BCUT2D eigenvalue weighted by molar-refractivity contribution is 6.31. The third-order valence-corrected chi connectivity index (χ3v) is 3.67. The van der Waals surface area contributed by atoms with E-state index in [1.165, 1.54) is 19.2 Å². The molecular formula is C17H17ClF2N2O2. The van der Waals surface area contributed by atoms with Gasteiger partial charge in [0, 0.05) is 22.7 Å². The first-order valence-corrected chi connectivity index (χ1v) is 7.60. The van der Waals surface area contributed by atoms with Crippen LogP contribution in [0.2, 0.25) is 5.02 Å². The standard InChI is InChI=1S/C17H17ClF2N2O2/c1-10(13-5-4-12(19)8-14(13)20)21-9-17(23)22-15-7-11(18)3-6-16(15)24-2/h3-8,10,21H,9H2,1-2H3,(H,22,23)/t10-/m0/s1. The van der Waals surface area contributed by atoms with Crippen LogP contribution in [0.25, 0.3) is 0 Å². The van der Waals surface area contributed by atoms with Gasteiger partial charge in [0.25, 0.3) is 0 Å². The van der Waals surface area contributed by atoms with Gasteiger partial charge in [-0.2, -0.15) is 0 Å². The van der Waals surface area contributed by atoms with Crippen LogP contribution in [-0.2, 0) is 4.79 Å². The first-order chi connectivity index (χ1) is 11.4. The fourth-order valence-electron chi connectivity index (χ4n) is 2.18. The zero-order valence-corrected chi connectivity index (χ0v) is 14.0. The normalized spacial score (nSPS) is 11.9. The molecule has 0 bridgehead atoms. The number of amides is 1. The number of carbonyl (C=O) groups is 1. The minimum absolute atomic E-state index is 0.0619. The molecule has 2 N–H and O–H groups in total. The third-order valence-electron chi connectivity index (χ3n) is 3.43. The van der Waals surface area contributed by atoms with E-state index < -0.39 is 17.7 Å². The summed E-state index contributed by atoms with van der Waals surface area (Å²) in [6, 6.07) is 7.73. The molecule has 24 heavy (non-hydrogen) atoms. The Bertz CT molecular complexity index is 741. The van der Waals surface area contributed by atoms with Crippen LogP contribution in [0, 0.1) is 11.6 Å². The molecule has 0 fully saturated rings. The van der Waals surface area contributed by atoms with Crippen molar-refractivity contribution in [3.05, 3.63) is 58.6 Å². The van der Waals surface area contributed by atoms with Gasteiger partial charge in [0.05, 0.1) is 19.3 Å². The predicted octanol–water partition coefficient (Wildman–Crippen LogP) is 3.92. The van der Waals surface area contributed by atoms with Gasteiger partial charge in [-0.15, -0.1) is 0 Å². The fraction of sp³-hybridized carbons (Fsp3) is 0.235. The molecule has 4 nitrogen and oxygen atoms in total. The van der Waals surface area contributed by atoms with Crippen molar-refractivity contribution in [2.45, 2.75) is 13.0 Å². The van der Waals surface area contributed by atoms with E-state index in [0.717, 1.165) is 6.07 Å². The van der Waals surface area contributed by atoms with Crippen molar-refractivity contribution in [2.75, 3.05) is 19.0 Å². The van der Waals surface area contributed by atoms with E-state index in [0.29, 0.717) is 16.5 Å². The molecule has 2 rings (SSSR count). The maximum Gasteiger partial charge on any atom is 0.238 e. The number of carbonyl (C=O) groups excluding carboxylic acids is 1. The van der Waals surface area contributed by atoms with Crippen molar-refractivity contribution in [3.8, 4) is 5.75 Å². The molecule has 2 aromatic rings. The summed E-state index contributed by atoms with van der Waals surface area (Å²) >= 11 is 5.90. The number of ether oxygens (including phenoxy) is 1. The van der Waals surface area contributed by atoms with Gasteiger partial charge >= 0.3 is 0 Å². The molecule has 0 saturated carbocycles. The van der Waals surface area contributed by atoms with Crippen molar-refractivity contribution in [1.82, 2.24) is 5.32 Å². The Morgan fingerprint density at radius 1 is 1.25 bits per heavy atom. The maximum atomic E-state index is 13.7. The summed E-state index contributed by atoms with van der Waals surface area (Å²) in [5, 5.41) is 6.01. The SMILES string of the molecule is COc1ccc(Cl)cc1NC(=O)CN[C@@H](C)c1ccc(F)cc1F. The first kappa shape index (κ1) is 18.2. The third kappa shape index (κ3) is 4.66. The molecule has 128 valence electrons. The Hall–Kier alpha value is -2.18. The van der Waals surface area contributed by atoms with Gasteiger partial charge in [0.15, 0.2) is 0 Å². The van der Waals surface area contributed by atoms with Crippen molar-refractivity contribution in [3.63, 3.8) is 0 Å². The molecule has 7 heteroatoms. The van der Waals surface area contributed by atoms with Crippen LogP contribution in [0.1, 0.15) is 18.5 Å². The van der Waals surface area contributed by atoms with Crippen molar-refractivity contribution in [2.24, 2.45) is 0 Å². The Morgan fingerprint density at radius 3 is 2.67 bits per heavy atom. The number of rotatable bonds is 6. The van der Waals surface area contributed by atoms with E-state index in [1.807, 2.05) is 0 Å². The summed E-state index contributed by atoms with van der Waals surface area (Å²) in [5.41, 5.74) is 0.724. The number of anilines is 1. The van der Waals surface area contributed by atoms with E-state index in [9.17, 15) is 13.6 Å². The Kier molecular flexibility index (Phi) is 6.11. The molecule has 1 atom stereocenters. The van der Waals surface area contributed by atoms with Crippen LogP contribution in [0.3, 0.4) is 0 Å². The summed E-state index contributed by atoms with van der Waals surface area (Å²) in [7, 11) is 1.48. The van der Waals surface area contributed by atoms with Gasteiger partial charge in [-0.25, -0.2) is 8.78 Å². The molecule has 0 saturated heterocycles. The smallest absolute Gasteiger partial charge is 0.238 e. The summed E-state index contributed by atoms with van der Waals surface area (Å²) in [4.78, 5) is 12.0. The Balaban J connectivity index is 1.97. The summed E-state index contributed by atoms with van der Waals surface area (Å²) in [6.07, 6.45) is 0. The highest BCUT2D eigenvalue weighted by atomic mass is 35.5. The average molecular weight is 355 g/mol. The van der Waals surface area contributed by atoms with Crippen molar-refractivity contribution < 1.29 is 18.3 Å². The van der Waals surface area contributed by atoms with Crippen LogP contribution in [0.5, 0.6) is 5.75 Å². The molecule has 1 amide bonds. The van der Waals surface area contributed by atoms with Crippen molar-refractivity contribution in [1.29, 1.82) is 0 Å². The molecule has 2 aromatic carbocycles. The molecule has 0 unspecified atom stereocenters. The number of nitrogens with one attached hydrogen (secondary N) is 2. The molecule has 0 aliphatic carbocycles. The van der Waals surface area contributed by atoms with Crippen molar-refractivity contribution >= 4 is 23.2 Å². The molecule has 0 aliphatic rings. The number of benzene rings is 2. The molecular weight excluding hydrogens is 338 g/mol. The highest BCUT2D eigenvalue weighted by Crippen LogP contribution is 2.27. The molecule has 0 heterocycles. The zero-order valence-electron chi connectivity index (χ0n) is 13.2. The molecule has 0 aromatic heterocycles. The average Bonchev–Trinajstić information content (AvgIpc) is 2.53. The van der Waals surface area contributed by atoms with Crippen LogP contribution in [-0.4, -0.2) is 19.6 Å². The maximum absolute atomic E-state index is 13.7. The molecule has 0 spiro atoms. The van der Waals surface area contributed by atoms with Gasteiger partial charge in [0.1, 0.15) is 17.4 Å². The van der Waals surface area contributed by atoms with Crippen LogP contribution in [0.15, 0.2) is 36.4 Å². The fourth-order valence-corrected chi connectivity index (χ4v) is 2.35. The van der Waals surface area contributed by atoms with Gasteiger partial charge in [-0.1, -0.05) is 17.7 Å². The zero-order chi connectivity index (χ0) is 17.7. The quantitative estimate of drug-likeness (QED) is 0.826. The predicted molar refractivity (Wildman–Crippen MR) is 89.4 cm³/mol. The lowest BCUT2D eigenvalue weighted by Crippen LogP contribution is -2.30. The van der Waals surface area contributed by atoms with E-state index in [4.69, 9.17) is 16.3 Å². The number of methoxy groups -OCH3 is 1. The second-order valence-corrected chi connectivity index (χ2v) is 5.60. The minimum atomic E-state index is -0.660. The molecule has 0 aliphatic heterocycles. The van der Waals surface area contributed by atoms with Crippen LogP contribution >= 0.6 is 11.6 Å². The summed E-state index contributed by atoms with van der Waals surface area (Å²) in [5.74, 6) is -1.17. The second kappa shape index (κ2) is 8.08. The topological polar surface area (TPSA) is 50.4 Å². The Labute approximate surface area is 143 Å². The lowest BCUT2D eigenvalue weighted by molar-refractivity contribution is -0.115. The lowest BCUT2D eigenvalue weighted by Gasteiger charge is -2.16. The first-order valence-electron chi connectivity index (χ1n) is 7.22. The van der Waals surface area contributed by atoms with Gasteiger partial charge < -0.3 is 15.4 Å². The van der Waals surface area contributed by atoms with E-state index >= 15 is 0 Å². The van der Waals surface area contributed by atoms with Gasteiger partial charge in [-0.05, 0) is 31.2 Å². The lowest BCUT2D eigenvalue weighted by atomic mass is 10.1. The number of hydrogen-bond donors (Lipinski definition) is 2. The highest BCUT2D eigenvalue weighted by Gasteiger charge is 2.14. The Morgan fingerprint density at radius 2 is 2.00 bits per heavy atom. The van der Waals surface area contributed by atoms with E-state index in [-0.39, 0.29) is 18.0 Å². The van der Waals surface area contributed by atoms with E-state index in [2.05, 4.69) is 10.6 Å². The number of hydrogen-bond acceptors (Lipinski definition) is 3. The minimum Gasteiger partial charge on any atom is -0.495 e. The van der Waals surface area contributed by atoms with Gasteiger partial charge in [-0.3, -0.25) is 4.79 Å².